The number of ether oxygens (including phenoxy) is 1. The van der Waals surface area contributed by atoms with E-state index in [0.717, 1.165) is 21.4 Å². The van der Waals surface area contributed by atoms with Crippen LogP contribution in [0.3, 0.4) is 0 Å². The third-order valence-corrected chi connectivity index (χ3v) is 5.11. The van der Waals surface area contributed by atoms with Crippen LogP contribution in [0.1, 0.15) is 11.3 Å². The first-order valence-electron chi connectivity index (χ1n) is 9.98. The van der Waals surface area contributed by atoms with Gasteiger partial charge in [-0.3, -0.25) is 14.2 Å². The fraction of sp³-hybridized carbons (Fsp3) is 0.174. The van der Waals surface area contributed by atoms with Gasteiger partial charge in [0.1, 0.15) is 23.8 Å². The Bertz CT molecular complexity index is 1460. The van der Waals surface area contributed by atoms with Crippen molar-refractivity contribution in [3.05, 3.63) is 82.0 Å². The van der Waals surface area contributed by atoms with Gasteiger partial charge in [-0.15, -0.1) is 0 Å². The molecule has 0 bridgehead atoms. The molecule has 2 aromatic heterocycles. The van der Waals surface area contributed by atoms with E-state index in [9.17, 15) is 27.2 Å². The molecule has 1 amide bonds. The molecule has 0 spiro atoms. The summed E-state index contributed by atoms with van der Waals surface area (Å²) in [6.07, 6.45) is -4.85. The number of methoxy groups -OCH3 is 1. The summed E-state index contributed by atoms with van der Waals surface area (Å²) in [7, 11) is 1.45. The van der Waals surface area contributed by atoms with Crippen LogP contribution in [0.5, 0.6) is 5.75 Å². The minimum absolute atomic E-state index is 0.0338. The molecule has 0 unspecified atom stereocenters. The number of nitrogens with one attached hydrogen (secondary N) is 1. The number of halogens is 4. The zero-order valence-corrected chi connectivity index (χ0v) is 18.0. The summed E-state index contributed by atoms with van der Waals surface area (Å²) in [5.41, 5.74) is -2.08. The number of hydrogen-bond acceptors (Lipinski definition) is 4. The van der Waals surface area contributed by atoms with Crippen LogP contribution in [0.2, 0.25) is 0 Å². The van der Waals surface area contributed by atoms with Crippen LogP contribution >= 0.6 is 0 Å². The van der Waals surface area contributed by atoms with E-state index >= 15 is 0 Å². The molecule has 2 aromatic carbocycles. The number of alkyl halides is 3. The molecule has 11 heteroatoms. The van der Waals surface area contributed by atoms with Gasteiger partial charge in [-0.1, -0.05) is 12.1 Å². The van der Waals surface area contributed by atoms with Gasteiger partial charge in [0, 0.05) is 17.8 Å². The van der Waals surface area contributed by atoms with E-state index in [4.69, 9.17) is 4.74 Å². The number of hydrogen-bond donors (Lipinski definition) is 1. The van der Waals surface area contributed by atoms with E-state index in [1.54, 1.807) is 24.3 Å². The Morgan fingerprint density at radius 3 is 2.53 bits per heavy atom. The first-order valence-corrected chi connectivity index (χ1v) is 9.98. The van der Waals surface area contributed by atoms with Crippen molar-refractivity contribution in [3.8, 4) is 11.4 Å². The lowest BCUT2D eigenvalue weighted by atomic mass is 10.1. The molecule has 0 saturated carbocycles. The number of fused-ring (bicyclic) bond motifs is 1. The second-order valence-corrected chi connectivity index (χ2v) is 7.44. The highest BCUT2D eigenvalue weighted by Crippen LogP contribution is 2.36. The summed E-state index contributed by atoms with van der Waals surface area (Å²) < 4.78 is 62.2. The molecule has 0 atom stereocenters. The molecule has 176 valence electrons. The van der Waals surface area contributed by atoms with E-state index in [0.29, 0.717) is 17.5 Å². The largest absolute Gasteiger partial charge is 0.497 e. The molecule has 0 aliphatic heterocycles. The minimum Gasteiger partial charge on any atom is -0.497 e. The maximum atomic E-state index is 13.9. The van der Waals surface area contributed by atoms with E-state index < -0.39 is 35.6 Å². The normalized spacial score (nSPS) is 11.6. The Kier molecular flexibility index (Phi) is 5.86. The van der Waals surface area contributed by atoms with E-state index in [2.05, 4.69) is 10.4 Å². The Labute approximate surface area is 190 Å². The number of carbonyl (C=O) groups is 1. The number of amides is 1. The van der Waals surface area contributed by atoms with Crippen molar-refractivity contribution in [2.45, 2.75) is 19.6 Å². The molecule has 2 heterocycles. The molecule has 7 nitrogen and oxygen atoms in total. The van der Waals surface area contributed by atoms with Gasteiger partial charge in [-0.05, 0) is 37.3 Å². The molecule has 34 heavy (non-hydrogen) atoms. The summed E-state index contributed by atoms with van der Waals surface area (Å²) in [6, 6.07) is 11.9. The van der Waals surface area contributed by atoms with Crippen LogP contribution in [0.25, 0.3) is 16.7 Å². The maximum absolute atomic E-state index is 13.9. The molecule has 0 saturated heterocycles. The number of aromatic nitrogens is 3. The smallest absolute Gasteiger partial charge is 0.417 e. The number of rotatable bonds is 5. The number of anilines is 1. The van der Waals surface area contributed by atoms with E-state index in [1.165, 1.54) is 26.2 Å². The molecule has 0 aliphatic carbocycles. The van der Waals surface area contributed by atoms with Crippen molar-refractivity contribution in [1.29, 1.82) is 0 Å². The van der Waals surface area contributed by atoms with Crippen LogP contribution in [0.15, 0.2) is 59.4 Å². The van der Waals surface area contributed by atoms with E-state index in [1.807, 2.05) is 0 Å². The predicted molar refractivity (Wildman–Crippen MR) is 117 cm³/mol. The molecule has 4 rings (SSSR count). The van der Waals surface area contributed by atoms with Crippen LogP contribution in [-0.4, -0.2) is 27.4 Å². The van der Waals surface area contributed by atoms with Crippen LogP contribution in [0, 0.1) is 12.7 Å². The molecule has 0 aliphatic rings. The quantitative estimate of drug-likeness (QED) is 0.438. The summed E-state index contributed by atoms with van der Waals surface area (Å²) in [5, 5.41) is 6.36. The second-order valence-electron chi connectivity index (χ2n) is 7.44. The van der Waals surface area contributed by atoms with Gasteiger partial charge in [0.05, 0.1) is 29.4 Å². The molecular weight excluding hydrogens is 456 g/mol. The lowest BCUT2D eigenvalue weighted by molar-refractivity contribution is -0.136. The average Bonchev–Trinajstić information content (AvgIpc) is 3.12. The zero-order valence-electron chi connectivity index (χ0n) is 18.0. The zero-order chi connectivity index (χ0) is 24.6. The fourth-order valence-electron chi connectivity index (χ4n) is 3.67. The highest BCUT2D eigenvalue weighted by Gasteiger charge is 2.36. The highest BCUT2D eigenvalue weighted by molar-refractivity contribution is 5.92. The fourth-order valence-corrected chi connectivity index (χ4v) is 3.67. The summed E-state index contributed by atoms with van der Waals surface area (Å²) in [6.45, 7) is 0.740. The number of benzene rings is 2. The highest BCUT2D eigenvalue weighted by atomic mass is 19.4. The average molecular weight is 474 g/mol. The predicted octanol–water partition coefficient (Wildman–Crippen LogP) is 4.30. The third-order valence-electron chi connectivity index (χ3n) is 5.11. The van der Waals surface area contributed by atoms with Gasteiger partial charge in [-0.25, -0.2) is 9.07 Å². The number of aryl methyl sites for hydroxylation is 1. The topological polar surface area (TPSA) is 78.2 Å². The summed E-state index contributed by atoms with van der Waals surface area (Å²) in [4.78, 5) is 25.5. The minimum atomic E-state index is -4.85. The molecule has 0 fully saturated rings. The monoisotopic (exact) mass is 474 g/mol. The van der Waals surface area contributed by atoms with Crippen molar-refractivity contribution in [2.75, 3.05) is 12.4 Å². The molecule has 4 aromatic rings. The first-order chi connectivity index (χ1) is 16.1. The van der Waals surface area contributed by atoms with Gasteiger partial charge >= 0.3 is 6.18 Å². The van der Waals surface area contributed by atoms with Crippen LogP contribution < -0.4 is 15.6 Å². The van der Waals surface area contributed by atoms with E-state index in [-0.39, 0.29) is 22.4 Å². The Morgan fingerprint density at radius 2 is 1.85 bits per heavy atom. The standard InChI is InChI=1S/C23H18F4N4O3/c1-13-21-18(23(25,26)27)11-20(33)30(12-19(32)28-15-6-4-8-17(10-15)34-2)22(21)31(29-13)16-7-3-5-14(24)9-16/h3-11H,12H2,1-2H3,(H,28,32). The van der Waals surface area contributed by atoms with Crippen LogP contribution in [0.4, 0.5) is 23.2 Å². The van der Waals surface area contributed by atoms with Gasteiger partial charge in [0.25, 0.3) is 5.56 Å². The molecule has 1 N–H and O–H groups in total. The van der Waals surface area contributed by atoms with Crippen molar-refractivity contribution >= 4 is 22.6 Å². The second kappa shape index (κ2) is 8.65. The van der Waals surface area contributed by atoms with Gasteiger partial charge in [0.2, 0.25) is 5.91 Å². The number of carbonyl (C=O) groups excluding carboxylic acids is 1. The lowest BCUT2D eigenvalue weighted by Gasteiger charge is -2.15. The van der Waals surface area contributed by atoms with Crippen LogP contribution in [-0.2, 0) is 17.5 Å². The SMILES string of the molecule is COc1cccc(NC(=O)Cn2c(=O)cc(C(F)(F)F)c3c(C)nn(-c4cccc(F)c4)c32)c1. The van der Waals surface area contributed by atoms with Gasteiger partial charge in [-0.2, -0.15) is 18.3 Å². The van der Waals surface area contributed by atoms with Gasteiger partial charge in [0.15, 0.2) is 0 Å². The summed E-state index contributed by atoms with van der Waals surface area (Å²) >= 11 is 0. The first kappa shape index (κ1) is 23.0. The summed E-state index contributed by atoms with van der Waals surface area (Å²) in [5.74, 6) is -0.830. The third kappa shape index (κ3) is 4.36. The molecular formula is C23H18F4N4O3. The number of nitrogens with zero attached hydrogens (tertiary/aromatic N) is 3. The number of pyridine rings is 1. The van der Waals surface area contributed by atoms with Crippen molar-refractivity contribution < 1.29 is 27.1 Å². The van der Waals surface area contributed by atoms with Gasteiger partial charge < -0.3 is 10.1 Å². The van der Waals surface area contributed by atoms with Crippen molar-refractivity contribution in [2.24, 2.45) is 0 Å². The lowest BCUT2D eigenvalue weighted by Crippen LogP contribution is -2.30. The maximum Gasteiger partial charge on any atom is 0.417 e. The Hall–Kier alpha value is -4.15. The molecule has 0 radical (unpaired) electrons. The van der Waals surface area contributed by atoms with Crippen molar-refractivity contribution in [3.63, 3.8) is 0 Å². The van der Waals surface area contributed by atoms with Crippen molar-refractivity contribution in [1.82, 2.24) is 14.3 Å². The Balaban J connectivity index is 1.88. The Morgan fingerprint density at radius 1 is 1.12 bits per heavy atom.